The highest BCUT2D eigenvalue weighted by molar-refractivity contribution is 5.76. The Morgan fingerprint density at radius 2 is 2.25 bits per heavy atom. The molecule has 0 bridgehead atoms. The van der Waals surface area contributed by atoms with Gasteiger partial charge >= 0.3 is 0 Å². The lowest BCUT2D eigenvalue weighted by atomic mass is 10.1. The van der Waals surface area contributed by atoms with Crippen LogP contribution in [-0.4, -0.2) is 18.3 Å². The van der Waals surface area contributed by atoms with Gasteiger partial charge in [-0.05, 0) is 19.8 Å². The van der Waals surface area contributed by atoms with Crippen LogP contribution in [0.1, 0.15) is 26.7 Å². The van der Waals surface area contributed by atoms with E-state index in [2.05, 4.69) is 5.32 Å². The molecule has 0 unspecified atom stereocenters. The first-order chi connectivity index (χ1) is 5.54. The Kier molecular flexibility index (Phi) is 5.08. The van der Waals surface area contributed by atoms with Crippen molar-refractivity contribution in [3.05, 3.63) is 0 Å². The van der Waals surface area contributed by atoms with Gasteiger partial charge in [0.2, 0.25) is 5.91 Å². The summed E-state index contributed by atoms with van der Waals surface area (Å²) in [6, 6.07) is 0. The van der Waals surface area contributed by atoms with Gasteiger partial charge in [0.15, 0.2) is 0 Å². The Labute approximate surface area is 73.0 Å². The number of carbonyl (C=O) groups excluding carboxylic acids is 1. The van der Waals surface area contributed by atoms with Crippen molar-refractivity contribution in [3.63, 3.8) is 0 Å². The summed E-state index contributed by atoms with van der Waals surface area (Å²) in [4.78, 5) is 10.6. The van der Waals surface area contributed by atoms with E-state index in [1.165, 1.54) is 0 Å². The van der Waals surface area contributed by atoms with Crippen molar-refractivity contribution in [1.82, 2.24) is 5.32 Å². The number of hydrogen-bond acceptors (Lipinski definition) is 2. The Balaban J connectivity index is 3.31. The molecule has 0 aliphatic rings. The first kappa shape index (κ1) is 10.9. The molecule has 1 atom stereocenters. The normalized spacial score (nSPS) is 12.2. The molecule has 1 amide bonds. The molecule has 4 heteroatoms. The average Bonchev–Trinajstić information content (AvgIpc) is 1.97. The molecule has 0 aromatic carbocycles. The lowest BCUT2D eigenvalue weighted by molar-refractivity contribution is -0.121. The highest BCUT2D eigenvalue weighted by atomic mass is 16.1. The topological polar surface area (TPSA) is 79.0 Å². The van der Waals surface area contributed by atoms with Crippen LogP contribution in [0.2, 0.25) is 0 Å². The lowest BCUT2D eigenvalue weighted by Gasteiger charge is -2.07. The monoisotopic (exact) mass is 171 g/mol. The van der Waals surface area contributed by atoms with Crippen LogP contribution in [-0.2, 0) is 4.79 Å². The Morgan fingerprint density at radius 3 is 2.67 bits per heavy atom. The van der Waals surface area contributed by atoms with E-state index < -0.39 is 0 Å². The summed E-state index contributed by atoms with van der Waals surface area (Å²) < 4.78 is 0. The number of nitrogens with two attached hydrogens (primary N) is 1. The fraction of sp³-hybridized carbons (Fsp3) is 0.750. The maximum Gasteiger partial charge on any atom is 0.220 e. The molecule has 0 rings (SSSR count). The lowest BCUT2D eigenvalue weighted by Crippen LogP contribution is -2.24. The maximum atomic E-state index is 10.6. The van der Waals surface area contributed by atoms with Gasteiger partial charge in [-0.15, -0.1) is 0 Å². The Morgan fingerprint density at radius 1 is 1.67 bits per heavy atom. The number of hydrogen-bond donors (Lipinski definition) is 3. The average molecular weight is 171 g/mol. The number of amides is 1. The summed E-state index contributed by atoms with van der Waals surface area (Å²) in [5, 5.41) is 9.93. The van der Waals surface area contributed by atoms with Crippen LogP contribution in [0.25, 0.3) is 0 Å². The molecule has 0 heterocycles. The van der Waals surface area contributed by atoms with Crippen molar-refractivity contribution < 1.29 is 4.79 Å². The smallest absolute Gasteiger partial charge is 0.220 e. The third kappa shape index (κ3) is 5.70. The summed E-state index contributed by atoms with van der Waals surface area (Å²) >= 11 is 0. The number of rotatable bonds is 5. The minimum atomic E-state index is -0.249. The van der Waals surface area contributed by atoms with Crippen LogP contribution in [0.15, 0.2) is 0 Å². The van der Waals surface area contributed by atoms with Crippen LogP contribution >= 0.6 is 0 Å². The highest BCUT2D eigenvalue weighted by Crippen LogP contribution is 2.02. The van der Waals surface area contributed by atoms with Gasteiger partial charge in [0.25, 0.3) is 0 Å². The Hall–Kier alpha value is -1.06. The van der Waals surface area contributed by atoms with Crippen molar-refractivity contribution in [1.29, 1.82) is 5.41 Å². The predicted octanol–water partition coefficient (Wildman–Crippen LogP) is 0.475. The molecular weight excluding hydrogens is 154 g/mol. The zero-order valence-electron chi connectivity index (χ0n) is 7.68. The number of carbonyl (C=O) groups is 1. The van der Waals surface area contributed by atoms with Crippen molar-refractivity contribution in [2.45, 2.75) is 26.7 Å². The molecule has 0 saturated carbocycles. The van der Waals surface area contributed by atoms with E-state index in [1.807, 2.05) is 6.92 Å². The molecule has 0 spiro atoms. The van der Waals surface area contributed by atoms with Gasteiger partial charge in [-0.2, -0.15) is 0 Å². The molecule has 0 saturated heterocycles. The second kappa shape index (κ2) is 5.57. The minimum Gasteiger partial charge on any atom is -0.374 e. The third-order valence-corrected chi connectivity index (χ3v) is 1.69. The van der Waals surface area contributed by atoms with E-state index >= 15 is 0 Å². The molecule has 0 aliphatic carbocycles. The van der Waals surface area contributed by atoms with Gasteiger partial charge in [0.1, 0.15) is 0 Å². The fourth-order valence-electron chi connectivity index (χ4n) is 0.826. The van der Waals surface area contributed by atoms with Crippen LogP contribution in [0.4, 0.5) is 0 Å². The van der Waals surface area contributed by atoms with Gasteiger partial charge in [0, 0.05) is 12.5 Å². The van der Waals surface area contributed by atoms with Gasteiger partial charge < -0.3 is 11.1 Å². The van der Waals surface area contributed by atoms with Crippen molar-refractivity contribution >= 4 is 11.7 Å². The standard InChI is InChI=1S/C8H17N3O/c1-6(8(10)12)4-3-5-11-7(2)9/h6H,3-5H2,1-2H3,(H2,9,11)(H2,10,12)/t6-/m0/s1. The molecule has 0 aromatic heterocycles. The van der Waals surface area contributed by atoms with Crippen LogP contribution < -0.4 is 11.1 Å². The quantitative estimate of drug-likeness (QED) is 0.319. The third-order valence-electron chi connectivity index (χ3n) is 1.69. The summed E-state index contributed by atoms with van der Waals surface area (Å²) in [5.41, 5.74) is 5.08. The van der Waals surface area contributed by atoms with E-state index in [0.717, 1.165) is 19.4 Å². The van der Waals surface area contributed by atoms with E-state index in [0.29, 0.717) is 5.84 Å². The molecule has 70 valence electrons. The summed E-state index contributed by atoms with van der Waals surface area (Å²) in [7, 11) is 0. The minimum absolute atomic E-state index is 0.0576. The van der Waals surface area contributed by atoms with Gasteiger partial charge in [-0.3, -0.25) is 10.2 Å². The van der Waals surface area contributed by atoms with Gasteiger partial charge in [-0.25, -0.2) is 0 Å². The first-order valence-electron chi connectivity index (χ1n) is 4.12. The zero-order chi connectivity index (χ0) is 9.56. The zero-order valence-corrected chi connectivity index (χ0v) is 7.68. The van der Waals surface area contributed by atoms with Crippen molar-refractivity contribution in [2.24, 2.45) is 11.7 Å². The van der Waals surface area contributed by atoms with Crippen molar-refractivity contribution in [3.8, 4) is 0 Å². The molecular formula is C8H17N3O. The fourth-order valence-corrected chi connectivity index (χ4v) is 0.826. The largest absolute Gasteiger partial charge is 0.374 e. The van der Waals surface area contributed by atoms with Crippen LogP contribution in [0.3, 0.4) is 0 Å². The van der Waals surface area contributed by atoms with E-state index in [9.17, 15) is 4.79 Å². The first-order valence-corrected chi connectivity index (χ1v) is 4.12. The predicted molar refractivity (Wildman–Crippen MR) is 49.0 cm³/mol. The summed E-state index contributed by atoms with van der Waals surface area (Å²) in [5.74, 6) is 0.154. The van der Waals surface area contributed by atoms with Gasteiger partial charge in [-0.1, -0.05) is 6.92 Å². The SMILES string of the molecule is CC(=N)NCCC[C@H](C)C(N)=O. The highest BCUT2D eigenvalue weighted by Gasteiger charge is 2.06. The number of nitrogens with one attached hydrogen (secondary N) is 2. The van der Waals surface area contributed by atoms with E-state index in [-0.39, 0.29) is 11.8 Å². The molecule has 0 radical (unpaired) electrons. The summed E-state index contributed by atoms with van der Waals surface area (Å²) in [6.45, 7) is 4.25. The molecule has 4 N–H and O–H groups in total. The number of amidine groups is 1. The molecule has 12 heavy (non-hydrogen) atoms. The van der Waals surface area contributed by atoms with Crippen LogP contribution in [0.5, 0.6) is 0 Å². The second-order valence-electron chi connectivity index (χ2n) is 3.00. The van der Waals surface area contributed by atoms with E-state index in [1.54, 1.807) is 6.92 Å². The van der Waals surface area contributed by atoms with Crippen molar-refractivity contribution in [2.75, 3.05) is 6.54 Å². The van der Waals surface area contributed by atoms with E-state index in [4.69, 9.17) is 11.1 Å². The van der Waals surface area contributed by atoms with Crippen LogP contribution in [0, 0.1) is 11.3 Å². The Bertz CT molecular complexity index is 168. The molecule has 0 aliphatic heterocycles. The van der Waals surface area contributed by atoms with Gasteiger partial charge in [0.05, 0.1) is 5.84 Å². The number of primary amides is 1. The molecule has 4 nitrogen and oxygen atoms in total. The maximum absolute atomic E-state index is 10.6. The second-order valence-corrected chi connectivity index (χ2v) is 3.00. The molecule has 0 fully saturated rings. The molecule has 0 aromatic rings. The summed E-state index contributed by atoms with van der Waals surface area (Å²) in [6.07, 6.45) is 1.66.